The second-order valence-electron chi connectivity index (χ2n) is 5.25. The molecule has 6 heteroatoms. The summed E-state index contributed by atoms with van der Waals surface area (Å²) >= 11 is 0. The third-order valence-corrected chi connectivity index (χ3v) is 3.69. The van der Waals surface area contributed by atoms with Crippen LogP contribution < -0.4 is 10.6 Å². The summed E-state index contributed by atoms with van der Waals surface area (Å²) in [6.45, 7) is 0. The summed E-state index contributed by atoms with van der Waals surface area (Å²) in [5, 5.41) is 5.78. The molecule has 6 nitrogen and oxygen atoms in total. The molecule has 0 atom stereocenters. The minimum absolute atomic E-state index is 0.193. The van der Waals surface area contributed by atoms with Crippen LogP contribution in [0.15, 0.2) is 18.5 Å². The van der Waals surface area contributed by atoms with Crippen molar-refractivity contribution in [2.75, 3.05) is 5.32 Å². The summed E-state index contributed by atoms with van der Waals surface area (Å²) < 4.78 is 0. The van der Waals surface area contributed by atoms with Crippen LogP contribution in [0.1, 0.15) is 38.5 Å². The van der Waals surface area contributed by atoms with Gasteiger partial charge in [0, 0.05) is 12.2 Å². The molecule has 0 bridgehead atoms. The van der Waals surface area contributed by atoms with Gasteiger partial charge in [-0.25, -0.2) is 14.8 Å². The van der Waals surface area contributed by atoms with Gasteiger partial charge in [-0.3, -0.25) is 5.32 Å². The first kappa shape index (κ1) is 12.9. The smallest absolute Gasteiger partial charge is 0.320 e. The van der Waals surface area contributed by atoms with E-state index >= 15 is 0 Å². The molecule has 0 unspecified atom stereocenters. The van der Waals surface area contributed by atoms with Gasteiger partial charge in [-0.2, -0.15) is 0 Å². The second-order valence-corrected chi connectivity index (χ2v) is 5.25. The highest BCUT2D eigenvalue weighted by Gasteiger charge is 2.15. The van der Waals surface area contributed by atoms with E-state index in [-0.39, 0.29) is 12.1 Å². The van der Waals surface area contributed by atoms with E-state index in [4.69, 9.17) is 0 Å². The van der Waals surface area contributed by atoms with Crippen LogP contribution in [-0.2, 0) is 0 Å². The minimum atomic E-state index is -0.193. The van der Waals surface area contributed by atoms with E-state index in [1.807, 2.05) is 6.07 Å². The number of nitrogens with zero attached hydrogens (tertiary/aromatic N) is 2. The normalized spacial score (nSPS) is 16.8. The summed E-state index contributed by atoms with van der Waals surface area (Å²) in [7, 11) is 0. The molecule has 2 amide bonds. The van der Waals surface area contributed by atoms with Crippen molar-refractivity contribution in [2.24, 2.45) is 0 Å². The molecule has 0 aromatic carbocycles. The van der Waals surface area contributed by atoms with E-state index in [2.05, 4.69) is 25.6 Å². The van der Waals surface area contributed by atoms with Crippen LogP contribution in [0.25, 0.3) is 11.2 Å². The average molecular weight is 273 g/mol. The predicted molar refractivity (Wildman–Crippen MR) is 77.5 cm³/mol. The van der Waals surface area contributed by atoms with E-state index < -0.39 is 0 Å². The van der Waals surface area contributed by atoms with Crippen molar-refractivity contribution in [2.45, 2.75) is 44.6 Å². The Labute approximate surface area is 117 Å². The Morgan fingerprint density at radius 2 is 2.05 bits per heavy atom. The fraction of sp³-hybridized carbons (Fsp3) is 0.500. The van der Waals surface area contributed by atoms with Crippen molar-refractivity contribution in [1.29, 1.82) is 0 Å². The van der Waals surface area contributed by atoms with Crippen LogP contribution in [-0.4, -0.2) is 27.0 Å². The predicted octanol–water partition coefficient (Wildman–Crippen LogP) is 2.80. The molecule has 106 valence electrons. The molecule has 2 heterocycles. The third kappa shape index (κ3) is 3.07. The topological polar surface area (TPSA) is 82.7 Å². The van der Waals surface area contributed by atoms with E-state index in [0.717, 1.165) is 24.0 Å². The first-order chi connectivity index (χ1) is 9.81. The molecule has 0 radical (unpaired) electrons. The zero-order valence-corrected chi connectivity index (χ0v) is 11.4. The number of fused-ring (bicyclic) bond motifs is 1. The Morgan fingerprint density at radius 3 is 2.85 bits per heavy atom. The van der Waals surface area contributed by atoms with Crippen LogP contribution in [0.4, 0.5) is 10.6 Å². The number of rotatable bonds is 2. The lowest BCUT2D eigenvalue weighted by molar-refractivity contribution is 0.247. The molecular formula is C14H19N5O. The lowest BCUT2D eigenvalue weighted by Crippen LogP contribution is -2.37. The summed E-state index contributed by atoms with van der Waals surface area (Å²) in [5.41, 5.74) is 1.47. The Hall–Kier alpha value is -2.11. The third-order valence-electron chi connectivity index (χ3n) is 3.69. The largest absolute Gasteiger partial charge is 0.345 e. The number of urea groups is 1. The second kappa shape index (κ2) is 5.90. The van der Waals surface area contributed by atoms with E-state index in [0.29, 0.717) is 5.82 Å². The number of H-pyrrole nitrogens is 1. The van der Waals surface area contributed by atoms with Crippen LogP contribution in [0.2, 0.25) is 0 Å². The monoisotopic (exact) mass is 273 g/mol. The highest BCUT2D eigenvalue weighted by Crippen LogP contribution is 2.17. The maximum atomic E-state index is 12.0. The van der Waals surface area contributed by atoms with Crippen molar-refractivity contribution >= 4 is 23.0 Å². The van der Waals surface area contributed by atoms with Crippen LogP contribution >= 0.6 is 0 Å². The number of hydrogen-bond donors (Lipinski definition) is 3. The number of aromatic nitrogens is 3. The molecule has 3 N–H and O–H groups in total. The SMILES string of the molecule is O=C(Nc1cnc2[nH]ccc2n1)NC1CCCCCC1. The number of amides is 2. The molecule has 1 aliphatic rings. The van der Waals surface area contributed by atoms with Crippen molar-refractivity contribution in [3.05, 3.63) is 18.5 Å². The fourth-order valence-electron chi connectivity index (χ4n) is 2.65. The van der Waals surface area contributed by atoms with E-state index in [9.17, 15) is 4.79 Å². The van der Waals surface area contributed by atoms with Crippen LogP contribution in [0, 0.1) is 0 Å². The Kier molecular flexibility index (Phi) is 3.80. The molecule has 1 saturated carbocycles. The van der Waals surface area contributed by atoms with Gasteiger partial charge >= 0.3 is 6.03 Å². The van der Waals surface area contributed by atoms with E-state index in [1.54, 1.807) is 12.4 Å². The van der Waals surface area contributed by atoms with Crippen molar-refractivity contribution in [3.63, 3.8) is 0 Å². The van der Waals surface area contributed by atoms with Gasteiger partial charge in [-0.15, -0.1) is 0 Å². The zero-order valence-electron chi connectivity index (χ0n) is 11.4. The Balaban J connectivity index is 1.59. The lowest BCUT2D eigenvalue weighted by atomic mass is 10.1. The molecule has 1 aliphatic carbocycles. The molecule has 2 aromatic rings. The van der Waals surface area contributed by atoms with Gasteiger partial charge in [0.1, 0.15) is 5.52 Å². The number of hydrogen-bond acceptors (Lipinski definition) is 3. The average Bonchev–Trinajstić information content (AvgIpc) is 2.75. The van der Waals surface area contributed by atoms with Gasteiger partial charge in [0.25, 0.3) is 0 Å². The molecular weight excluding hydrogens is 254 g/mol. The van der Waals surface area contributed by atoms with Gasteiger partial charge in [-0.1, -0.05) is 25.7 Å². The molecule has 2 aromatic heterocycles. The Morgan fingerprint density at radius 1 is 1.25 bits per heavy atom. The molecule has 3 rings (SSSR count). The van der Waals surface area contributed by atoms with Gasteiger partial charge in [0.15, 0.2) is 11.5 Å². The molecule has 0 aliphatic heterocycles. The van der Waals surface area contributed by atoms with E-state index in [1.165, 1.54) is 25.7 Å². The van der Waals surface area contributed by atoms with Gasteiger partial charge in [-0.05, 0) is 18.9 Å². The maximum Gasteiger partial charge on any atom is 0.320 e. The number of carbonyl (C=O) groups is 1. The summed E-state index contributed by atoms with van der Waals surface area (Å²) in [4.78, 5) is 23.5. The molecule has 0 saturated heterocycles. The number of anilines is 1. The van der Waals surface area contributed by atoms with Gasteiger partial charge in [0.05, 0.1) is 6.20 Å². The molecule has 20 heavy (non-hydrogen) atoms. The van der Waals surface area contributed by atoms with Crippen molar-refractivity contribution < 1.29 is 4.79 Å². The summed E-state index contributed by atoms with van der Waals surface area (Å²) in [5.74, 6) is 0.475. The maximum absolute atomic E-state index is 12.0. The number of nitrogens with one attached hydrogen (secondary N) is 3. The highest BCUT2D eigenvalue weighted by molar-refractivity contribution is 5.89. The van der Waals surface area contributed by atoms with Gasteiger partial charge < -0.3 is 10.3 Å². The number of aromatic amines is 1. The fourth-order valence-corrected chi connectivity index (χ4v) is 2.65. The Bertz CT molecular complexity index is 586. The minimum Gasteiger partial charge on any atom is -0.345 e. The molecule has 1 fully saturated rings. The quantitative estimate of drug-likeness (QED) is 0.736. The lowest BCUT2D eigenvalue weighted by Gasteiger charge is -2.16. The zero-order chi connectivity index (χ0) is 13.8. The first-order valence-corrected chi connectivity index (χ1v) is 7.19. The van der Waals surface area contributed by atoms with Gasteiger partial charge in [0.2, 0.25) is 0 Å². The van der Waals surface area contributed by atoms with Crippen molar-refractivity contribution in [3.8, 4) is 0 Å². The van der Waals surface area contributed by atoms with Crippen LogP contribution in [0.3, 0.4) is 0 Å². The summed E-state index contributed by atoms with van der Waals surface area (Å²) in [6.07, 6.45) is 10.4. The first-order valence-electron chi connectivity index (χ1n) is 7.19. The number of carbonyl (C=O) groups excluding carboxylic acids is 1. The molecule has 0 spiro atoms. The van der Waals surface area contributed by atoms with Crippen molar-refractivity contribution in [1.82, 2.24) is 20.3 Å². The van der Waals surface area contributed by atoms with Crippen LogP contribution in [0.5, 0.6) is 0 Å². The highest BCUT2D eigenvalue weighted by atomic mass is 16.2. The summed E-state index contributed by atoms with van der Waals surface area (Å²) in [6, 6.07) is 1.92. The standard InChI is InChI=1S/C14H19N5O/c20-14(17-10-5-3-1-2-4-6-10)19-12-9-16-13-11(18-12)7-8-15-13/h7-10H,1-6H2,(H,15,16)(H2,17,18,19,20).